The Balaban J connectivity index is 1.92. The number of aromatic nitrogens is 1. The van der Waals surface area contributed by atoms with Crippen LogP contribution < -0.4 is 0 Å². The molecule has 0 atom stereocenters. The number of pyridine rings is 1. The monoisotopic (exact) mass is 389 g/mol. The number of aliphatic imine (C=N–C) groups is 1. The Labute approximate surface area is 168 Å². The molecule has 140 valence electrons. The summed E-state index contributed by atoms with van der Waals surface area (Å²) < 4.78 is 0. The van der Waals surface area contributed by atoms with Crippen molar-refractivity contribution in [3.05, 3.63) is 83.2 Å². The summed E-state index contributed by atoms with van der Waals surface area (Å²) in [5.41, 5.74) is 5.01. The van der Waals surface area contributed by atoms with E-state index in [1.807, 2.05) is 43.3 Å². The molecule has 1 amide bonds. The van der Waals surface area contributed by atoms with Gasteiger partial charge in [0, 0.05) is 34.2 Å². The van der Waals surface area contributed by atoms with Gasteiger partial charge in [-0.25, -0.2) is 10.1 Å². The normalized spacial score (nSPS) is 12.5. The van der Waals surface area contributed by atoms with Crippen LogP contribution in [-0.4, -0.2) is 35.8 Å². The van der Waals surface area contributed by atoms with Crippen LogP contribution in [-0.2, 0) is 4.84 Å². The predicted molar refractivity (Wildman–Crippen MR) is 110 cm³/mol. The second kappa shape index (κ2) is 7.58. The van der Waals surface area contributed by atoms with Gasteiger partial charge in [0.1, 0.15) is 0 Å². The van der Waals surface area contributed by atoms with Crippen molar-refractivity contribution in [3.63, 3.8) is 0 Å². The van der Waals surface area contributed by atoms with Crippen molar-refractivity contribution in [2.75, 3.05) is 14.2 Å². The van der Waals surface area contributed by atoms with Crippen LogP contribution in [0.4, 0.5) is 5.69 Å². The number of hydrogen-bond donors (Lipinski definition) is 0. The molecular weight excluding hydrogens is 370 g/mol. The van der Waals surface area contributed by atoms with E-state index in [0.29, 0.717) is 5.56 Å². The summed E-state index contributed by atoms with van der Waals surface area (Å²) in [7, 11) is 3.05. The Morgan fingerprint density at radius 2 is 1.89 bits per heavy atom. The van der Waals surface area contributed by atoms with Crippen LogP contribution in [0, 0.1) is 6.92 Å². The zero-order valence-electron chi connectivity index (χ0n) is 15.8. The first kappa shape index (κ1) is 18.4. The van der Waals surface area contributed by atoms with E-state index in [4.69, 9.17) is 9.83 Å². The van der Waals surface area contributed by atoms with Crippen molar-refractivity contribution in [3.8, 4) is 0 Å². The lowest BCUT2D eigenvalue weighted by molar-refractivity contribution is -0.0756. The summed E-state index contributed by atoms with van der Waals surface area (Å²) in [5.74, 6) is -0.220. The van der Waals surface area contributed by atoms with E-state index in [9.17, 15) is 4.79 Å². The molecule has 2 heterocycles. The number of nitrogens with zero attached hydrogens (tertiary/aromatic N) is 3. The van der Waals surface area contributed by atoms with Gasteiger partial charge in [-0.3, -0.25) is 14.6 Å². The average Bonchev–Trinajstić information content (AvgIpc) is 2.89. The van der Waals surface area contributed by atoms with E-state index in [2.05, 4.69) is 17.1 Å². The molecule has 0 aliphatic carbocycles. The molecule has 6 heteroatoms. The van der Waals surface area contributed by atoms with E-state index in [1.54, 1.807) is 31.1 Å². The van der Waals surface area contributed by atoms with Gasteiger partial charge in [-0.05, 0) is 42.8 Å². The topological polar surface area (TPSA) is 54.8 Å². The number of hydrogen-bond acceptors (Lipinski definition) is 5. The van der Waals surface area contributed by atoms with Gasteiger partial charge in [0.15, 0.2) is 0 Å². The predicted octanol–water partition coefficient (Wildman–Crippen LogP) is 4.66. The fraction of sp³-hybridized carbons (Fsp3) is 0.136. The minimum atomic E-state index is -0.220. The maximum atomic E-state index is 12.5. The highest BCUT2D eigenvalue weighted by Gasteiger charge is 2.22. The van der Waals surface area contributed by atoms with Crippen LogP contribution in [0.25, 0.3) is 0 Å². The molecular formula is C22H19N3O2S. The molecule has 1 aliphatic heterocycles. The summed E-state index contributed by atoms with van der Waals surface area (Å²) in [6, 6.07) is 17.7. The molecule has 0 radical (unpaired) electrons. The zero-order chi connectivity index (χ0) is 19.7. The molecule has 0 unspecified atom stereocenters. The first-order chi connectivity index (χ1) is 13.6. The second-order valence-electron chi connectivity index (χ2n) is 6.40. The SMILES string of the molecule is CON(C)C(=O)c1ccc2c(c1)N=C(c1ncccc1C)c1ccccc1S2. The number of fused-ring (bicyclic) bond motifs is 2. The van der Waals surface area contributed by atoms with Crippen molar-refractivity contribution >= 4 is 29.1 Å². The summed E-state index contributed by atoms with van der Waals surface area (Å²) in [6.45, 7) is 2.03. The molecule has 0 N–H and O–H groups in total. The third kappa shape index (κ3) is 3.32. The van der Waals surface area contributed by atoms with Crippen LogP contribution in [0.1, 0.15) is 27.2 Å². The van der Waals surface area contributed by atoms with E-state index in [-0.39, 0.29) is 5.91 Å². The first-order valence-electron chi connectivity index (χ1n) is 8.82. The highest BCUT2D eigenvalue weighted by atomic mass is 32.2. The Kier molecular flexibility index (Phi) is 4.98. The van der Waals surface area contributed by atoms with Crippen LogP contribution in [0.5, 0.6) is 0 Å². The Hall–Kier alpha value is -2.96. The Bertz CT molecular complexity index is 1090. The number of carbonyl (C=O) groups is 1. The molecule has 0 saturated carbocycles. The Morgan fingerprint density at radius 3 is 2.68 bits per heavy atom. The van der Waals surface area contributed by atoms with E-state index in [0.717, 1.165) is 38.0 Å². The molecule has 3 aromatic rings. The molecule has 0 bridgehead atoms. The van der Waals surface area contributed by atoms with Crippen LogP contribution >= 0.6 is 11.8 Å². The quantitative estimate of drug-likeness (QED) is 0.478. The minimum absolute atomic E-state index is 0.220. The van der Waals surface area contributed by atoms with Crippen LogP contribution in [0.3, 0.4) is 0 Å². The number of amides is 1. The highest BCUT2D eigenvalue weighted by molar-refractivity contribution is 7.99. The first-order valence-corrected chi connectivity index (χ1v) is 9.64. The fourth-order valence-electron chi connectivity index (χ4n) is 3.05. The summed E-state index contributed by atoms with van der Waals surface area (Å²) in [5, 5.41) is 1.20. The van der Waals surface area contributed by atoms with Gasteiger partial charge in [0.25, 0.3) is 5.91 Å². The van der Waals surface area contributed by atoms with Crippen molar-refractivity contribution in [1.82, 2.24) is 10.0 Å². The van der Waals surface area contributed by atoms with Gasteiger partial charge in [0.2, 0.25) is 0 Å². The van der Waals surface area contributed by atoms with Gasteiger partial charge in [-0.1, -0.05) is 36.0 Å². The molecule has 2 aromatic carbocycles. The molecule has 1 aliphatic rings. The third-order valence-electron chi connectivity index (χ3n) is 4.59. The lowest BCUT2D eigenvalue weighted by atomic mass is 10.0. The average molecular weight is 389 g/mol. The van der Waals surface area contributed by atoms with Gasteiger partial charge >= 0.3 is 0 Å². The zero-order valence-corrected chi connectivity index (χ0v) is 16.7. The van der Waals surface area contributed by atoms with Crippen LogP contribution in [0.2, 0.25) is 0 Å². The molecule has 28 heavy (non-hydrogen) atoms. The molecule has 5 nitrogen and oxygen atoms in total. The summed E-state index contributed by atoms with van der Waals surface area (Å²) >= 11 is 1.64. The number of aryl methyl sites for hydroxylation is 1. The van der Waals surface area contributed by atoms with Gasteiger partial charge in [-0.15, -0.1) is 0 Å². The van der Waals surface area contributed by atoms with Crippen LogP contribution in [0.15, 0.2) is 75.6 Å². The smallest absolute Gasteiger partial charge is 0.274 e. The number of hydroxylamine groups is 2. The lowest BCUT2D eigenvalue weighted by Crippen LogP contribution is -2.25. The minimum Gasteiger partial charge on any atom is -0.274 e. The molecule has 0 saturated heterocycles. The molecule has 1 aromatic heterocycles. The molecule has 0 fully saturated rings. The maximum absolute atomic E-state index is 12.5. The standard InChI is InChI=1S/C22H19N3O2S/c1-14-7-6-12-23-20(14)21-16-8-4-5-9-18(16)28-19-11-10-15(13-17(19)24-21)22(26)25(2)27-3/h4-13H,1-3H3. The van der Waals surface area contributed by atoms with Crippen molar-refractivity contribution < 1.29 is 9.63 Å². The molecule has 4 rings (SSSR count). The number of rotatable bonds is 3. The number of carbonyl (C=O) groups excluding carboxylic acids is 1. The fourth-order valence-corrected chi connectivity index (χ4v) is 4.06. The summed E-state index contributed by atoms with van der Waals surface area (Å²) in [6.07, 6.45) is 1.78. The third-order valence-corrected chi connectivity index (χ3v) is 5.73. The van der Waals surface area contributed by atoms with Crippen molar-refractivity contribution in [2.24, 2.45) is 4.99 Å². The largest absolute Gasteiger partial charge is 0.277 e. The van der Waals surface area contributed by atoms with E-state index < -0.39 is 0 Å². The second-order valence-corrected chi connectivity index (χ2v) is 7.48. The van der Waals surface area contributed by atoms with E-state index >= 15 is 0 Å². The molecule has 0 spiro atoms. The van der Waals surface area contributed by atoms with Gasteiger partial charge < -0.3 is 0 Å². The van der Waals surface area contributed by atoms with Crippen molar-refractivity contribution in [2.45, 2.75) is 16.7 Å². The van der Waals surface area contributed by atoms with E-state index in [1.165, 1.54) is 12.2 Å². The Morgan fingerprint density at radius 1 is 1.07 bits per heavy atom. The summed E-state index contributed by atoms with van der Waals surface area (Å²) in [4.78, 5) is 29.2. The number of benzene rings is 2. The lowest BCUT2D eigenvalue weighted by Gasteiger charge is -2.14. The maximum Gasteiger partial charge on any atom is 0.277 e. The van der Waals surface area contributed by atoms with Gasteiger partial charge in [0.05, 0.1) is 24.2 Å². The van der Waals surface area contributed by atoms with Gasteiger partial charge in [-0.2, -0.15) is 0 Å². The van der Waals surface area contributed by atoms with Crippen molar-refractivity contribution in [1.29, 1.82) is 0 Å². The highest BCUT2D eigenvalue weighted by Crippen LogP contribution is 2.41.